The summed E-state index contributed by atoms with van der Waals surface area (Å²) in [6.45, 7) is 3.61. The molecule has 1 saturated heterocycles. The number of halogens is 2. The molecule has 0 bridgehead atoms. The average Bonchev–Trinajstić information content (AvgIpc) is 2.78. The number of hydrogen-bond donors (Lipinski definition) is 0. The summed E-state index contributed by atoms with van der Waals surface area (Å²) in [5, 5.41) is -0.0908. The van der Waals surface area contributed by atoms with Crippen LogP contribution in [0.25, 0.3) is 11.0 Å². The van der Waals surface area contributed by atoms with E-state index in [1.165, 1.54) is 9.09 Å². The fourth-order valence-corrected chi connectivity index (χ4v) is 3.31. The first-order valence-corrected chi connectivity index (χ1v) is 8.07. The lowest BCUT2D eigenvalue weighted by molar-refractivity contribution is 0.0595. The minimum absolute atomic E-state index is 0.0908. The van der Waals surface area contributed by atoms with E-state index in [0.717, 1.165) is 37.4 Å². The number of hydrogen-bond acceptors (Lipinski definition) is 2. The number of imidazole rings is 1. The molecule has 0 saturated carbocycles. The zero-order valence-corrected chi connectivity index (χ0v) is 13.7. The summed E-state index contributed by atoms with van der Waals surface area (Å²) in [5.74, 6) is 0.953. The molecule has 1 aliphatic heterocycles. The first-order chi connectivity index (χ1) is 9.16. The summed E-state index contributed by atoms with van der Waals surface area (Å²) < 4.78 is 9.10. The van der Waals surface area contributed by atoms with Crippen molar-refractivity contribution in [1.82, 2.24) is 9.55 Å². The molecule has 0 amide bonds. The van der Waals surface area contributed by atoms with Gasteiger partial charge in [-0.05, 0) is 60.6 Å². The molecule has 2 atom stereocenters. The number of fused-ring (bicyclic) bond motifs is 1. The number of benzene rings is 1. The van der Waals surface area contributed by atoms with Crippen molar-refractivity contribution in [3.8, 4) is 0 Å². The van der Waals surface area contributed by atoms with E-state index < -0.39 is 0 Å². The maximum absolute atomic E-state index is 6.31. The van der Waals surface area contributed by atoms with E-state index in [1.54, 1.807) is 0 Å². The highest BCUT2D eigenvalue weighted by Gasteiger charge is 2.23. The van der Waals surface area contributed by atoms with Gasteiger partial charge in [0, 0.05) is 10.2 Å². The van der Waals surface area contributed by atoms with E-state index in [9.17, 15) is 0 Å². The van der Waals surface area contributed by atoms with Gasteiger partial charge in [0.25, 0.3) is 0 Å². The van der Waals surface area contributed by atoms with Crippen LogP contribution in [0, 0.1) is 3.57 Å². The normalized spacial score (nSPS) is 21.7. The molecule has 102 valence electrons. The van der Waals surface area contributed by atoms with Crippen molar-refractivity contribution in [2.24, 2.45) is 0 Å². The number of nitrogens with zero attached hydrogens (tertiary/aromatic N) is 2. The van der Waals surface area contributed by atoms with Crippen LogP contribution >= 0.6 is 34.2 Å². The van der Waals surface area contributed by atoms with Gasteiger partial charge >= 0.3 is 0 Å². The summed E-state index contributed by atoms with van der Waals surface area (Å²) in [5.41, 5.74) is 2.19. The molecule has 5 heteroatoms. The predicted octanol–water partition coefficient (Wildman–Crippen LogP) is 4.29. The third kappa shape index (κ3) is 2.62. The van der Waals surface area contributed by atoms with E-state index in [2.05, 4.69) is 45.4 Å². The van der Waals surface area contributed by atoms with Crippen molar-refractivity contribution >= 4 is 45.2 Å². The van der Waals surface area contributed by atoms with Gasteiger partial charge in [-0.3, -0.25) is 0 Å². The Hall–Kier alpha value is -0.330. The lowest BCUT2D eigenvalue weighted by Crippen LogP contribution is -2.23. The third-order valence-corrected chi connectivity index (χ3v) is 4.40. The molecular weight excluding hydrogens is 375 g/mol. The van der Waals surface area contributed by atoms with E-state index in [-0.39, 0.29) is 5.38 Å². The second-order valence-electron chi connectivity index (χ2n) is 4.96. The Kier molecular flexibility index (Phi) is 4.01. The smallest absolute Gasteiger partial charge is 0.128 e. The fraction of sp³-hybridized carbons (Fsp3) is 0.500. The summed E-state index contributed by atoms with van der Waals surface area (Å²) in [7, 11) is 0. The standard InChI is InChI=1S/C14H16ClIN2O/c1-9(15)14-17-12-7-10(16)4-5-13(12)18(14)11-3-2-6-19-8-11/h4-5,7,9,11H,2-3,6,8H2,1H3. The van der Waals surface area contributed by atoms with Gasteiger partial charge in [0.15, 0.2) is 0 Å². The highest BCUT2D eigenvalue weighted by atomic mass is 127. The molecule has 19 heavy (non-hydrogen) atoms. The van der Waals surface area contributed by atoms with Gasteiger partial charge in [-0.25, -0.2) is 4.98 Å². The quantitative estimate of drug-likeness (QED) is 0.565. The number of aromatic nitrogens is 2. The molecule has 0 radical (unpaired) electrons. The van der Waals surface area contributed by atoms with Crippen LogP contribution in [0.4, 0.5) is 0 Å². The van der Waals surface area contributed by atoms with Crippen LogP contribution in [-0.2, 0) is 4.74 Å². The molecule has 2 aromatic rings. The van der Waals surface area contributed by atoms with Crippen LogP contribution in [-0.4, -0.2) is 22.8 Å². The number of rotatable bonds is 2. The third-order valence-electron chi connectivity index (χ3n) is 3.54. The zero-order chi connectivity index (χ0) is 13.4. The Balaban J connectivity index is 2.15. The first kappa shape index (κ1) is 13.6. The summed E-state index contributed by atoms with van der Waals surface area (Å²) in [4.78, 5) is 4.72. The van der Waals surface area contributed by atoms with Crippen molar-refractivity contribution < 1.29 is 4.74 Å². The summed E-state index contributed by atoms with van der Waals surface area (Å²) >= 11 is 8.63. The van der Waals surface area contributed by atoms with Gasteiger partial charge in [0.2, 0.25) is 0 Å². The molecule has 1 aliphatic rings. The average molecular weight is 391 g/mol. The van der Waals surface area contributed by atoms with E-state index in [4.69, 9.17) is 21.3 Å². The molecule has 3 nitrogen and oxygen atoms in total. The molecule has 1 aromatic heterocycles. The van der Waals surface area contributed by atoms with Crippen LogP contribution in [0.3, 0.4) is 0 Å². The summed E-state index contributed by atoms with van der Waals surface area (Å²) in [6.07, 6.45) is 2.23. The minimum atomic E-state index is -0.0908. The number of ether oxygens (including phenoxy) is 1. The molecule has 0 N–H and O–H groups in total. The van der Waals surface area contributed by atoms with Crippen LogP contribution in [0.15, 0.2) is 18.2 Å². The van der Waals surface area contributed by atoms with Gasteiger partial charge in [-0.15, -0.1) is 11.6 Å². The van der Waals surface area contributed by atoms with Crippen LogP contribution in [0.2, 0.25) is 0 Å². The molecule has 2 heterocycles. The van der Waals surface area contributed by atoms with Crippen molar-refractivity contribution in [2.75, 3.05) is 13.2 Å². The lowest BCUT2D eigenvalue weighted by Gasteiger charge is -2.26. The monoisotopic (exact) mass is 390 g/mol. The van der Waals surface area contributed by atoms with E-state index >= 15 is 0 Å². The Bertz CT molecular complexity index is 590. The maximum atomic E-state index is 6.31. The van der Waals surface area contributed by atoms with Crippen LogP contribution in [0.5, 0.6) is 0 Å². The van der Waals surface area contributed by atoms with Gasteiger partial charge in [0.1, 0.15) is 5.82 Å². The molecular formula is C14H16ClIN2O. The van der Waals surface area contributed by atoms with Gasteiger partial charge in [0.05, 0.1) is 29.1 Å². The lowest BCUT2D eigenvalue weighted by atomic mass is 10.1. The molecule has 0 spiro atoms. The molecule has 2 unspecified atom stereocenters. The first-order valence-electron chi connectivity index (χ1n) is 6.56. The molecule has 1 fully saturated rings. The van der Waals surface area contributed by atoms with Crippen LogP contribution < -0.4 is 0 Å². The topological polar surface area (TPSA) is 27.1 Å². The zero-order valence-electron chi connectivity index (χ0n) is 10.8. The SMILES string of the molecule is CC(Cl)c1nc2cc(I)ccc2n1C1CCCOC1. The van der Waals surface area contributed by atoms with E-state index in [1.807, 2.05) is 6.92 Å². The van der Waals surface area contributed by atoms with Gasteiger partial charge in [-0.2, -0.15) is 0 Å². The second kappa shape index (κ2) is 5.58. The predicted molar refractivity (Wildman–Crippen MR) is 85.8 cm³/mol. The molecule has 0 aliphatic carbocycles. The highest BCUT2D eigenvalue weighted by molar-refractivity contribution is 14.1. The summed E-state index contributed by atoms with van der Waals surface area (Å²) in [6, 6.07) is 6.73. The molecule has 1 aromatic carbocycles. The maximum Gasteiger partial charge on any atom is 0.128 e. The van der Waals surface area contributed by atoms with E-state index in [0.29, 0.717) is 6.04 Å². The largest absolute Gasteiger partial charge is 0.379 e. The minimum Gasteiger partial charge on any atom is -0.379 e. The molecule has 3 rings (SSSR count). The van der Waals surface area contributed by atoms with Crippen LogP contribution in [0.1, 0.15) is 37.0 Å². The Morgan fingerprint density at radius 2 is 2.37 bits per heavy atom. The highest BCUT2D eigenvalue weighted by Crippen LogP contribution is 2.32. The number of alkyl halides is 1. The second-order valence-corrected chi connectivity index (χ2v) is 6.86. The van der Waals surface area contributed by atoms with Crippen molar-refractivity contribution in [3.05, 3.63) is 27.6 Å². The Labute approximate surface area is 131 Å². The van der Waals surface area contributed by atoms with Gasteiger partial charge < -0.3 is 9.30 Å². The van der Waals surface area contributed by atoms with Crippen molar-refractivity contribution in [3.63, 3.8) is 0 Å². The van der Waals surface area contributed by atoms with Gasteiger partial charge in [-0.1, -0.05) is 0 Å². The Morgan fingerprint density at radius 1 is 1.53 bits per heavy atom. The van der Waals surface area contributed by atoms with Crippen molar-refractivity contribution in [2.45, 2.75) is 31.2 Å². The van der Waals surface area contributed by atoms with Crippen molar-refractivity contribution in [1.29, 1.82) is 0 Å². The fourth-order valence-electron chi connectivity index (χ4n) is 2.68. The Morgan fingerprint density at radius 3 is 3.05 bits per heavy atom.